The Labute approximate surface area is 107 Å². The predicted octanol–water partition coefficient (Wildman–Crippen LogP) is 3.38. The van der Waals surface area contributed by atoms with Crippen molar-refractivity contribution >= 4 is 18.3 Å². The number of unbranched alkanes of at least 4 members (excludes halogenated alkanes) is 2. The summed E-state index contributed by atoms with van der Waals surface area (Å²) in [6.45, 7) is 2.33. The number of aryl methyl sites for hydroxylation is 1. The van der Waals surface area contributed by atoms with Gasteiger partial charge in [0.05, 0.1) is 11.5 Å². The summed E-state index contributed by atoms with van der Waals surface area (Å²) in [7, 11) is 0. The van der Waals surface area contributed by atoms with Crippen LogP contribution >= 0.6 is 12.6 Å². The Morgan fingerprint density at radius 2 is 2.12 bits per heavy atom. The molecule has 0 spiro atoms. The summed E-state index contributed by atoms with van der Waals surface area (Å²) in [5.74, 6) is 1.26. The van der Waals surface area contributed by atoms with Crippen molar-refractivity contribution in [2.75, 3.05) is 12.4 Å². The van der Waals surface area contributed by atoms with E-state index in [1.54, 1.807) is 6.07 Å². The number of rotatable bonds is 7. The molecule has 5 heteroatoms. The summed E-state index contributed by atoms with van der Waals surface area (Å²) < 4.78 is 5.51. The van der Waals surface area contributed by atoms with Gasteiger partial charge >= 0.3 is 5.69 Å². The zero-order chi connectivity index (χ0) is 12.7. The van der Waals surface area contributed by atoms with E-state index >= 15 is 0 Å². The molecule has 17 heavy (non-hydrogen) atoms. The van der Waals surface area contributed by atoms with E-state index < -0.39 is 4.92 Å². The van der Waals surface area contributed by atoms with E-state index in [0.717, 1.165) is 30.6 Å². The van der Waals surface area contributed by atoms with Crippen LogP contribution in [0.2, 0.25) is 0 Å². The van der Waals surface area contributed by atoms with Gasteiger partial charge < -0.3 is 4.74 Å². The maximum atomic E-state index is 10.8. The molecule has 0 N–H and O–H groups in total. The number of benzene rings is 1. The summed E-state index contributed by atoms with van der Waals surface area (Å²) in [5, 5.41) is 10.8. The van der Waals surface area contributed by atoms with Gasteiger partial charge in [-0.15, -0.1) is 0 Å². The number of ether oxygens (including phenoxy) is 1. The van der Waals surface area contributed by atoms with Gasteiger partial charge in [-0.25, -0.2) is 0 Å². The third-order valence-corrected chi connectivity index (χ3v) is 2.75. The zero-order valence-corrected chi connectivity index (χ0v) is 10.8. The van der Waals surface area contributed by atoms with Gasteiger partial charge in [0.1, 0.15) is 0 Å². The third-order valence-electron chi connectivity index (χ3n) is 2.44. The van der Waals surface area contributed by atoms with Crippen LogP contribution in [0.1, 0.15) is 24.8 Å². The molecule has 0 aliphatic carbocycles. The van der Waals surface area contributed by atoms with E-state index in [4.69, 9.17) is 4.74 Å². The SMILES string of the molecule is Cc1cccc([N+](=O)[O-])c1OCCCCCS. The zero-order valence-electron chi connectivity index (χ0n) is 9.89. The Kier molecular flexibility index (Phi) is 5.83. The van der Waals surface area contributed by atoms with Gasteiger partial charge in [-0.1, -0.05) is 12.1 Å². The highest BCUT2D eigenvalue weighted by atomic mass is 32.1. The van der Waals surface area contributed by atoms with E-state index in [1.165, 1.54) is 6.07 Å². The highest BCUT2D eigenvalue weighted by molar-refractivity contribution is 7.80. The molecule has 0 aromatic heterocycles. The lowest BCUT2D eigenvalue weighted by Crippen LogP contribution is -2.02. The van der Waals surface area contributed by atoms with Gasteiger partial charge in [0.2, 0.25) is 0 Å². The van der Waals surface area contributed by atoms with Crippen LogP contribution < -0.4 is 4.74 Å². The van der Waals surface area contributed by atoms with Gasteiger partial charge in [-0.3, -0.25) is 10.1 Å². The molecule has 1 aromatic rings. The molecular weight excluding hydrogens is 238 g/mol. The van der Waals surface area contributed by atoms with Gasteiger partial charge in [0.25, 0.3) is 0 Å². The number of para-hydroxylation sites is 1. The lowest BCUT2D eigenvalue weighted by Gasteiger charge is -2.08. The second-order valence-corrected chi connectivity index (χ2v) is 4.26. The minimum absolute atomic E-state index is 0.0409. The summed E-state index contributed by atoms with van der Waals surface area (Å²) >= 11 is 4.12. The van der Waals surface area contributed by atoms with Crippen LogP contribution in [0, 0.1) is 17.0 Å². The quantitative estimate of drug-likeness (QED) is 0.352. The molecule has 0 saturated heterocycles. The standard InChI is InChI=1S/C12H17NO3S/c1-10-6-5-7-11(13(14)15)12(10)16-8-3-2-4-9-17/h5-7,17H,2-4,8-9H2,1H3. The Balaban J connectivity index is 2.60. The molecule has 0 fully saturated rings. The molecule has 0 aliphatic heterocycles. The summed E-state index contributed by atoms with van der Waals surface area (Å²) in [6, 6.07) is 4.95. The first-order valence-corrected chi connectivity index (χ1v) is 6.27. The molecule has 0 saturated carbocycles. The number of nitro benzene ring substituents is 1. The van der Waals surface area contributed by atoms with E-state index in [2.05, 4.69) is 12.6 Å². The smallest absolute Gasteiger partial charge is 0.311 e. The van der Waals surface area contributed by atoms with Gasteiger partial charge in [0.15, 0.2) is 5.75 Å². The lowest BCUT2D eigenvalue weighted by molar-refractivity contribution is -0.385. The fourth-order valence-corrected chi connectivity index (χ4v) is 1.76. The van der Waals surface area contributed by atoms with Crippen molar-refractivity contribution in [3.63, 3.8) is 0 Å². The first kappa shape index (κ1) is 13.8. The number of nitrogens with zero attached hydrogens (tertiary/aromatic N) is 1. The number of hydrogen-bond donors (Lipinski definition) is 1. The predicted molar refractivity (Wildman–Crippen MR) is 71.0 cm³/mol. The van der Waals surface area contributed by atoms with Crippen LogP contribution in [0.5, 0.6) is 5.75 Å². The second-order valence-electron chi connectivity index (χ2n) is 3.81. The molecule has 94 valence electrons. The average molecular weight is 255 g/mol. The molecular formula is C12H17NO3S. The molecule has 0 heterocycles. The van der Waals surface area contributed by atoms with Crippen LogP contribution in [0.15, 0.2) is 18.2 Å². The Bertz CT molecular complexity index is 382. The largest absolute Gasteiger partial charge is 0.487 e. The van der Waals surface area contributed by atoms with E-state index in [0.29, 0.717) is 12.4 Å². The maximum Gasteiger partial charge on any atom is 0.311 e. The summed E-state index contributed by atoms with van der Waals surface area (Å²) in [5.41, 5.74) is 0.840. The fraction of sp³-hybridized carbons (Fsp3) is 0.500. The average Bonchev–Trinajstić information content (AvgIpc) is 2.30. The van der Waals surface area contributed by atoms with Crippen LogP contribution in [-0.4, -0.2) is 17.3 Å². The molecule has 4 nitrogen and oxygen atoms in total. The molecule has 1 rings (SSSR count). The van der Waals surface area contributed by atoms with Crippen LogP contribution in [0.4, 0.5) is 5.69 Å². The molecule has 0 unspecified atom stereocenters. The molecule has 1 aromatic carbocycles. The number of nitro groups is 1. The highest BCUT2D eigenvalue weighted by Gasteiger charge is 2.16. The van der Waals surface area contributed by atoms with E-state index in [9.17, 15) is 10.1 Å². The van der Waals surface area contributed by atoms with Crippen molar-refractivity contribution in [2.24, 2.45) is 0 Å². The highest BCUT2D eigenvalue weighted by Crippen LogP contribution is 2.30. The first-order chi connectivity index (χ1) is 8.16. The fourth-order valence-electron chi connectivity index (χ4n) is 1.53. The monoisotopic (exact) mass is 255 g/mol. The Hall–Kier alpha value is -1.23. The molecule has 0 aliphatic rings. The van der Waals surface area contributed by atoms with Gasteiger partial charge in [0, 0.05) is 6.07 Å². The number of thiol groups is 1. The van der Waals surface area contributed by atoms with Gasteiger partial charge in [-0.05, 0) is 37.5 Å². The van der Waals surface area contributed by atoms with Crippen molar-refractivity contribution in [3.05, 3.63) is 33.9 Å². The minimum atomic E-state index is -0.407. The first-order valence-electron chi connectivity index (χ1n) is 5.64. The van der Waals surface area contributed by atoms with Crippen molar-refractivity contribution < 1.29 is 9.66 Å². The third kappa shape index (κ3) is 4.26. The molecule has 0 amide bonds. The Morgan fingerprint density at radius 3 is 2.76 bits per heavy atom. The van der Waals surface area contributed by atoms with E-state index in [1.807, 2.05) is 13.0 Å². The molecule has 0 atom stereocenters. The summed E-state index contributed by atoms with van der Waals surface area (Å²) in [4.78, 5) is 10.4. The topological polar surface area (TPSA) is 52.4 Å². The maximum absolute atomic E-state index is 10.8. The van der Waals surface area contributed by atoms with Crippen LogP contribution in [0.25, 0.3) is 0 Å². The molecule has 0 bridgehead atoms. The van der Waals surface area contributed by atoms with Crippen molar-refractivity contribution in [1.82, 2.24) is 0 Å². The van der Waals surface area contributed by atoms with Crippen LogP contribution in [-0.2, 0) is 0 Å². The van der Waals surface area contributed by atoms with Crippen molar-refractivity contribution in [3.8, 4) is 5.75 Å². The Morgan fingerprint density at radius 1 is 1.35 bits per heavy atom. The van der Waals surface area contributed by atoms with Crippen molar-refractivity contribution in [2.45, 2.75) is 26.2 Å². The minimum Gasteiger partial charge on any atom is -0.487 e. The van der Waals surface area contributed by atoms with Crippen molar-refractivity contribution in [1.29, 1.82) is 0 Å². The normalized spacial score (nSPS) is 10.2. The summed E-state index contributed by atoms with van der Waals surface area (Å²) in [6.07, 6.45) is 2.97. The second kappa shape index (κ2) is 7.17. The van der Waals surface area contributed by atoms with Gasteiger partial charge in [-0.2, -0.15) is 12.6 Å². The lowest BCUT2D eigenvalue weighted by atomic mass is 10.2. The van der Waals surface area contributed by atoms with Crippen LogP contribution in [0.3, 0.4) is 0 Å². The molecule has 0 radical (unpaired) electrons. The van der Waals surface area contributed by atoms with E-state index in [-0.39, 0.29) is 5.69 Å². The number of hydrogen-bond acceptors (Lipinski definition) is 4.